The average Bonchev–Trinajstić information content (AvgIpc) is 2.18. The van der Waals surface area contributed by atoms with Gasteiger partial charge in [0.25, 0.3) is 0 Å². The van der Waals surface area contributed by atoms with Gasteiger partial charge in [0.05, 0.1) is 27.7 Å². The molecule has 0 radical (unpaired) electrons. The van der Waals surface area contributed by atoms with Crippen LogP contribution in [0.25, 0.3) is 0 Å². The summed E-state index contributed by atoms with van der Waals surface area (Å²) >= 11 is 0. The molecule has 0 aromatic carbocycles. The summed E-state index contributed by atoms with van der Waals surface area (Å²) in [4.78, 5) is 0. The molecule has 0 aliphatic rings. The number of rotatable bonds is 9. The van der Waals surface area contributed by atoms with Gasteiger partial charge in [0, 0.05) is 0 Å². The molecule has 0 aliphatic heterocycles. The molecule has 0 saturated carbocycles. The predicted molar refractivity (Wildman–Crippen MR) is 75.7 cm³/mol. The Hall–Kier alpha value is -0.255. The van der Waals surface area contributed by atoms with Gasteiger partial charge in [-0.05, 0) is 12.8 Å². The van der Waals surface area contributed by atoms with Crippen LogP contribution in [-0.2, 0) is 0 Å². The van der Waals surface area contributed by atoms with Crippen LogP contribution >= 0.6 is 0 Å². The number of hydrogen-bond donors (Lipinski definition) is 0. The summed E-state index contributed by atoms with van der Waals surface area (Å²) in [5.74, 6) is 0. The Morgan fingerprint density at radius 1 is 0.684 bits per heavy atom. The fraction of sp³-hybridized carbons (Fsp3) is 1.00. The monoisotopic (exact) mass is 287 g/mol. The Morgan fingerprint density at radius 3 is 1.32 bits per heavy atom. The molecule has 0 aromatic heterocycles. The number of nitrogens with zero attached hydrogens (tertiary/aromatic N) is 1. The van der Waals surface area contributed by atoms with Crippen molar-refractivity contribution in [3.63, 3.8) is 0 Å². The largest absolute Gasteiger partial charge is 0.673 e. The number of quaternary nitrogens is 1. The van der Waals surface area contributed by atoms with E-state index in [1.807, 2.05) is 0 Å². The van der Waals surface area contributed by atoms with Gasteiger partial charge in [-0.3, -0.25) is 0 Å². The first kappa shape index (κ1) is 21.1. The summed E-state index contributed by atoms with van der Waals surface area (Å²) in [6.07, 6.45) is 11.4. The zero-order chi connectivity index (χ0) is 15.4. The molecule has 0 bridgehead atoms. The molecule has 0 N–H and O–H groups in total. The molecule has 0 spiro atoms. The van der Waals surface area contributed by atoms with Crippen LogP contribution in [-0.4, -0.2) is 39.4 Å². The fourth-order valence-corrected chi connectivity index (χ4v) is 1.72. The Balaban J connectivity index is 0. The van der Waals surface area contributed by atoms with Gasteiger partial charge in [-0.25, -0.2) is 0 Å². The molecule has 0 rings (SSSR count). The Kier molecular flexibility index (Phi) is 12.8. The van der Waals surface area contributed by atoms with Crippen LogP contribution in [0.1, 0.15) is 58.3 Å². The van der Waals surface area contributed by atoms with Gasteiger partial charge in [-0.1, -0.05) is 45.4 Å². The molecule has 6 heteroatoms. The molecule has 0 fully saturated rings. The SMILES string of the molecule is CCCCCCCCCC[N+](C)(C)C.F[B-](F)(F)F. The van der Waals surface area contributed by atoms with Crippen LogP contribution in [0.5, 0.6) is 0 Å². The molecule has 0 saturated heterocycles. The summed E-state index contributed by atoms with van der Waals surface area (Å²) in [6.45, 7) is 3.61. The molecule has 0 amide bonds. The Morgan fingerprint density at radius 2 is 1.00 bits per heavy atom. The Bertz CT molecular complexity index is 184. The lowest BCUT2D eigenvalue weighted by Gasteiger charge is -2.23. The van der Waals surface area contributed by atoms with Gasteiger partial charge >= 0.3 is 7.25 Å². The fourth-order valence-electron chi connectivity index (χ4n) is 1.72. The average molecular weight is 287 g/mol. The first-order valence-electron chi connectivity index (χ1n) is 7.24. The summed E-state index contributed by atoms with van der Waals surface area (Å²) < 4.78 is 40.1. The first-order valence-corrected chi connectivity index (χ1v) is 7.24. The highest BCUT2D eigenvalue weighted by Gasteiger charge is 2.20. The zero-order valence-electron chi connectivity index (χ0n) is 12.9. The lowest BCUT2D eigenvalue weighted by molar-refractivity contribution is -0.870. The van der Waals surface area contributed by atoms with Gasteiger partial charge in [0.15, 0.2) is 0 Å². The van der Waals surface area contributed by atoms with Crippen LogP contribution in [0, 0.1) is 0 Å². The van der Waals surface area contributed by atoms with Crippen molar-refractivity contribution in [2.24, 2.45) is 0 Å². The molecular weight excluding hydrogens is 257 g/mol. The maximum absolute atomic E-state index is 9.75. The standard InChI is InChI=1S/C13H30N.BF4/c1-5-6-7-8-9-10-11-12-13-14(2,3)4;2-1(3,4)5/h5-13H2,1-4H3;/q+1;-1. The lowest BCUT2D eigenvalue weighted by atomic mass is 10.1. The van der Waals surface area contributed by atoms with Gasteiger partial charge in [-0.2, -0.15) is 0 Å². The predicted octanol–water partition coefficient (Wildman–Crippen LogP) is 5.13. The second-order valence-electron chi connectivity index (χ2n) is 5.98. The number of unbranched alkanes of at least 4 members (excludes halogenated alkanes) is 7. The van der Waals surface area contributed by atoms with Gasteiger partial charge in [0.2, 0.25) is 0 Å². The molecular formula is C13H30BF4N. The van der Waals surface area contributed by atoms with Crippen molar-refractivity contribution in [2.45, 2.75) is 58.3 Å². The Labute approximate surface area is 116 Å². The highest BCUT2D eigenvalue weighted by molar-refractivity contribution is 6.50. The molecule has 0 unspecified atom stereocenters. The van der Waals surface area contributed by atoms with Gasteiger partial charge < -0.3 is 21.7 Å². The van der Waals surface area contributed by atoms with Crippen molar-refractivity contribution in [3.8, 4) is 0 Å². The number of hydrogen-bond acceptors (Lipinski definition) is 0. The minimum absolute atomic E-state index is 1.12. The molecule has 0 aliphatic carbocycles. The van der Waals surface area contributed by atoms with Crippen LogP contribution in [0.2, 0.25) is 0 Å². The minimum atomic E-state index is -6.00. The third-order valence-electron chi connectivity index (χ3n) is 2.68. The van der Waals surface area contributed by atoms with Crippen molar-refractivity contribution in [2.75, 3.05) is 27.7 Å². The topological polar surface area (TPSA) is 0 Å². The van der Waals surface area contributed by atoms with E-state index in [9.17, 15) is 17.3 Å². The van der Waals surface area contributed by atoms with Crippen LogP contribution < -0.4 is 0 Å². The normalized spacial score (nSPS) is 12.0. The molecule has 0 aromatic rings. The van der Waals surface area contributed by atoms with Crippen molar-refractivity contribution in [1.82, 2.24) is 0 Å². The first-order chi connectivity index (χ1) is 8.56. The van der Waals surface area contributed by atoms with E-state index in [-0.39, 0.29) is 0 Å². The summed E-state index contributed by atoms with van der Waals surface area (Å²) in [5, 5.41) is 0. The van der Waals surface area contributed by atoms with Crippen molar-refractivity contribution in [1.29, 1.82) is 0 Å². The van der Waals surface area contributed by atoms with Gasteiger partial charge in [0.1, 0.15) is 0 Å². The van der Waals surface area contributed by atoms with E-state index in [4.69, 9.17) is 0 Å². The van der Waals surface area contributed by atoms with Crippen molar-refractivity contribution >= 4 is 7.25 Å². The smallest absolute Gasteiger partial charge is 0.418 e. The third-order valence-corrected chi connectivity index (χ3v) is 2.68. The van der Waals surface area contributed by atoms with E-state index in [1.165, 1.54) is 57.9 Å². The van der Waals surface area contributed by atoms with Crippen molar-refractivity contribution in [3.05, 3.63) is 0 Å². The maximum Gasteiger partial charge on any atom is 0.673 e. The molecule has 1 nitrogen and oxygen atoms in total. The second kappa shape index (κ2) is 11.6. The molecule has 19 heavy (non-hydrogen) atoms. The summed E-state index contributed by atoms with van der Waals surface area (Å²) in [7, 11) is 0.837. The lowest BCUT2D eigenvalue weighted by Crippen LogP contribution is -2.35. The van der Waals surface area contributed by atoms with Crippen LogP contribution in [0.4, 0.5) is 17.3 Å². The maximum atomic E-state index is 9.75. The second-order valence-corrected chi connectivity index (χ2v) is 5.98. The van der Waals surface area contributed by atoms with E-state index in [0.717, 1.165) is 4.48 Å². The summed E-state index contributed by atoms with van der Waals surface area (Å²) in [6, 6.07) is 0. The highest BCUT2D eigenvalue weighted by atomic mass is 19.5. The third kappa shape index (κ3) is 38.1. The van der Waals surface area contributed by atoms with Crippen molar-refractivity contribution < 1.29 is 21.7 Å². The van der Waals surface area contributed by atoms with Crippen LogP contribution in [0.15, 0.2) is 0 Å². The van der Waals surface area contributed by atoms with E-state index in [1.54, 1.807) is 0 Å². The number of halogens is 4. The van der Waals surface area contributed by atoms with E-state index < -0.39 is 7.25 Å². The van der Waals surface area contributed by atoms with Crippen LogP contribution in [0.3, 0.4) is 0 Å². The summed E-state index contributed by atoms with van der Waals surface area (Å²) in [5.41, 5.74) is 0. The van der Waals surface area contributed by atoms with E-state index in [2.05, 4.69) is 28.1 Å². The quantitative estimate of drug-likeness (QED) is 0.238. The minimum Gasteiger partial charge on any atom is -0.418 e. The van der Waals surface area contributed by atoms with E-state index in [0.29, 0.717) is 0 Å². The molecule has 118 valence electrons. The van der Waals surface area contributed by atoms with E-state index >= 15 is 0 Å². The highest BCUT2D eigenvalue weighted by Crippen LogP contribution is 2.09. The van der Waals surface area contributed by atoms with Gasteiger partial charge in [-0.15, -0.1) is 0 Å². The zero-order valence-corrected chi connectivity index (χ0v) is 12.9. The molecule has 0 heterocycles. The molecule has 0 atom stereocenters.